The predicted octanol–water partition coefficient (Wildman–Crippen LogP) is 5.08. The molecule has 0 bridgehead atoms. The lowest BCUT2D eigenvalue weighted by molar-refractivity contribution is 0.102. The van der Waals surface area contributed by atoms with Crippen LogP contribution in [0.4, 0.5) is 11.4 Å². The molecule has 2 heterocycles. The molecule has 0 atom stereocenters. The molecule has 0 unspecified atom stereocenters. The molecule has 8 heteroatoms. The molecule has 2 aromatic carbocycles. The number of carbonyl (C=O) groups excluding carboxylic acids is 1. The van der Waals surface area contributed by atoms with Crippen LogP contribution in [0.25, 0.3) is 0 Å². The maximum atomic E-state index is 13.0. The zero-order valence-electron chi connectivity index (χ0n) is 18.3. The van der Waals surface area contributed by atoms with Gasteiger partial charge in [-0.1, -0.05) is 24.6 Å². The number of hydrogen-bond acceptors (Lipinski definition) is 6. The van der Waals surface area contributed by atoms with Gasteiger partial charge < -0.3 is 19.9 Å². The van der Waals surface area contributed by atoms with Gasteiger partial charge in [-0.25, -0.2) is 4.98 Å². The number of aromatic nitrogens is 1. The van der Waals surface area contributed by atoms with Crippen molar-refractivity contribution in [1.82, 2.24) is 9.88 Å². The number of halogens is 1. The molecule has 1 saturated heterocycles. The Balaban J connectivity index is 1.46. The molecule has 1 aromatic heterocycles. The van der Waals surface area contributed by atoms with Crippen LogP contribution in [0.1, 0.15) is 28.0 Å². The number of likely N-dealkylation sites (N-methyl/N-ethyl adjacent to an activating group) is 1. The maximum Gasteiger partial charge on any atom is 0.255 e. The Hall–Kier alpha value is -2.61. The molecule has 1 aliphatic rings. The summed E-state index contributed by atoms with van der Waals surface area (Å²) in [5.74, 6) is 0.431. The van der Waals surface area contributed by atoms with Crippen molar-refractivity contribution in [3.8, 4) is 5.75 Å². The van der Waals surface area contributed by atoms with Gasteiger partial charge in [0.25, 0.3) is 5.91 Å². The number of benzene rings is 2. The van der Waals surface area contributed by atoms with Crippen LogP contribution < -0.4 is 15.0 Å². The Morgan fingerprint density at radius 3 is 2.72 bits per heavy atom. The number of nitrogens with zero attached hydrogens (tertiary/aromatic N) is 3. The first kappa shape index (κ1) is 22.6. The number of anilines is 2. The number of carbonyl (C=O) groups is 1. The van der Waals surface area contributed by atoms with Crippen molar-refractivity contribution in [2.24, 2.45) is 0 Å². The summed E-state index contributed by atoms with van der Waals surface area (Å²) in [6.07, 6.45) is 0. The van der Waals surface area contributed by atoms with Gasteiger partial charge in [-0.2, -0.15) is 0 Å². The average Bonchev–Trinajstić information content (AvgIpc) is 3.23. The number of ether oxygens (including phenoxy) is 1. The molecule has 1 N–H and O–H groups in total. The third kappa shape index (κ3) is 5.59. The summed E-state index contributed by atoms with van der Waals surface area (Å²) >= 11 is 7.85. The molecule has 168 valence electrons. The molecule has 1 aliphatic heterocycles. The SMILES string of the molecule is CCN1CCN(c2ccc(Cl)cc2NC(=O)c2cccc(OCc3csc(C)n3)c2)CC1. The lowest BCUT2D eigenvalue weighted by Gasteiger charge is -2.36. The summed E-state index contributed by atoms with van der Waals surface area (Å²) in [4.78, 5) is 22.2. The minimum atomic E-state index is -0.198. The molecule has 6 nitrogen and oxygen atoms in total. The van der Waals surface area contributed by atoms with Gasteiger partial charge in [-0.3, -0.25) is 4.79 Å². The molecule has 1 amide bonds. The number of amides is 1. The molecule has 3 aromatic rings. The Kier molecular flexibility index (Phi) is 7.29. The van der Waals surface area contributed by atoms with Crippen molar-refractivity contribution >= 4 is 40.2 Å². The molecule has 0 aliphatic carbocycles. The Morgan fingerprint density at radius 2 is 2.00 bits per heavy atom. The first-order valence-electron chi connectivity index (χ1n) is 10.7. The second kappa shape index (κ2) is 10.3. The lowest BCUT2D eigenvalue weighted by Crippen LogP contribution is -2.46. The second-order valence-corrected chi connectivity index (χ2v) is 9.21. The van der Waals surface area contributed by atoms with E-state index in [0.717, 1.165) is 54.8 Å². The zero-order chi connectivity index (χ0) is 22.5. The third-order valence-corrected chi connectivity index (χ3v) is 6.57. The average molecular weight is 471 g/mol. The van der Waals surface area contributed by atoms with E-state index < -0.39 is 0 Å². The molecule has 0 spiro atoms. The van der Waals surface area contributed by atoms with Gasteiger partial charge in [-0.05, 0) is 49.9 Å². The van der Waals surface area contributed by atoms with E-state index in [1.54, 1.807) is 23.5 Å². The van der Waals surface area contributed by atoms with Crippen LogP contribution in [0.3, 0.4) is 0 Å². The van der Waals surface area contributed by atoms with Crippen molar-refractivity contribution in [3.63, 3.8) is 0 Å². The van der Waals surface area contributed by atoms with Gasteiger partial charge in [0.2, 0.25) is 0 Å². The number of rotatable bonds is 7. The highest BCUT2D eigenvalue weighted by Crippen LogP contribution is 2.31. The van der Waals surface area contributed by atoms with Crippen LogP contribution >= 0.6 is 22.9 Å². The van der Waals surface area contributed by atoms with Gasteiger partial charge in [0.05, 0.1) is 22.1 Å². The fourth-order valence-electron chi connectivity index (χ4n) is 3.74. The maximum absolute atomic E-state index is 13.0. The monoisotopic (exact) mass is 470 g/mol. The van der Waals surface area contributed by atoms with Gasteiger partial charge in [0, 0.05) is 42.1 Å². The van der Waals surface area contributed by atoms with Crippen molar-refractivity contribution in [2.45, 2.75) is 20.5 Å². The normalized spacial score (nSPS) is 14.4. The van der Waals surface area contributed by atoms with E-state index in [0.29, 0.717) is 22.9 Å². The van der Waals surface area contributed by atoms with Gasteiger partial charge in [0.15, 0.2) is 0 Å². The molecule has 32 heavy (non-hydrogen) atoms. The standard InChI is InChI=1S/C24H27ClN4O2S/c1-3-28-9-11-29(12-10-28)23-8-7-19(25)14-22(23)27-24(30)18-5-4-6-21(13-18)31-15-20-16-32-17(2)26-20/h4-8,13-14,16H,3,9-12,15H2,1-2H3,(H,27,30). The van der Waals surface area contributed by atoms with Gasteiger partial charge in [0.1, 0.15) is 12.4 Å². The van der Waals surface area contributed by atoms with Crippen molar-refractivity contribution in [3.05, 3.63) is 69.1 Å². The van der Waals surface area contributed by atoms with Crippen LogP contribution in [-0.2, 0) is 6.61 Å². The fraction of sp³-hybridized carbons (Fsp3) is 0.333. The fourth-order valence-corrected chi connectivity index (χ4v) is 4.51. The number of thiazole rings is 1. The summed E-state index contributed by atoms with van der Waals surface area (Å²) in [5.41, 5.74) is 3.12. The van der Waals surface area contributed by atoms with E-state index in [2.05, 4.69) is 27.0 Å². The van der Waals surface area contributed by atoms with Crippen molar-refractivity contribution in [1.29, 1.82) is 0 Å². The summed E-state index contributed by atoms with van der Waals surface area (Å²) in [6.45, 7) is 9.41. The first-order valence-corrected chi connectivity index (χ1v) is 12.0. The lowest BCUT2D eigenvalue weighted by atomic mass is 10.1. The van der Waals surface area contributed by atoms with Crippen LogP contribution in [0.15, 0.2) is 47.8 Å². The summed E-state index contributed by atoms with van der Waals surface area (Å²) in [7, 11) is 0. The molecule has 0 radical (unpaired) electrons. The molecular weight excluding hydrogens is 444 g/mol. The quantitative estimate of drug-likeness (QED) is 0.522. The highest BCUT2D eigenvalue weighted by Gasteiger charge is 2.20. The van der Waals surface area contributed by atoms with Crippen molar-refractivity contribution < 1.29 is 9.53 Å². The third-order valence-electron chi connectivity index (χ3n) is 5.52. The van der Waals surface area contributed by atoms with Gasteiger partial charge >= 0.3 is 0 Å². The predicted molar refractivity (Wildman–Crippen MR) is 131 cm³/mol. The highest BCUT2D eigenvalue weighted by molar-refractivity contribution is 7.09. The van der Waals surface area contributed by atoms with Crippen molar-refractivity contribution in [2.75, 3.05) is 42.9 Å². The molecule has 0 saturated carbocycles. The van der Waals surface area contributed by atoms with E-state index in [-0.39, 0.29) is 5.91 Å². The largest absolute Gasteiger partial charge is 0.487 e. The van der Waals surface area contributed by atoms with E-state index in [1.807, 2.05) is 42.6 Å². The number of hydrogen-bond donors (Lipinski definition) is 1. The molecule has 4 rings (SSSR count). The summed E-state index contributed by atoms with van der Waals surface area (Å²) in [6, 6.07) is 12.8. The Bertz CT molecular complexity index is 1080. The highest BCUT2D eigenvalue weighted by atomic mass is 35.5. The van der Waals surface area contributed by atoms with Gasteiger partial charge in [-0.15, -0.1) is 11.3 Å². The number of piperazine rings is 1. The van der Waals surface area contributed by atoms with Crippen LogP contribution in [-0.4, -0.2) is 48.5 Å². The summed E-state index contributed by atoms with van der Waals surface area (Å²) < 4.78 is 5.84. The summed E-state index contributed by atoms with van der Waals surface area (Å²) in [5, 5.41) is 6.62. The van der Waals surface area contributed by atoms with E-state index >= 15 is 0 Å². The molecule has 1 fully saturated rings. The van der Waals surface area contributed by atoms with E-state index in [1.165, 1.54) is 0 Å². The first-order chi connectivity index (χ1) is 15.5. The Labute approximate surface area is 197 Å². The molecular formula is C24H27ClN4O2S. The van der Waals surface area contributed by atoms with E-state index in [9.17, 15) is 4.79 Å². The smallest absolute Gasteiger partial charge is 0.255 e. The van der Waals surface area contributed by atoms with Crippen LogP contribution in [0.5, 0.6) is 5.75 Å². The minimum absolute atomic E-state index is 0.198. The second-order valence-electron chi connectivity index (χ2n) is 7.71. The Morgan fingerprint density at radius 1 is 1.19 bits per heavy atom. The zero-order valence-corrected chi connectivity index (χ0v) is 19.9. The topological polar surface area (TPSA) is 57.7 Å². The van der Waals surface area contributed by atoms with Crippen LogP contribution in [0.2, 0.25) is 5.02 Å². The van der Waals surface area contributed by atoms with E-state index in [4.69, 9.17) is 16.3 Å². The number of nitrogens with one attached hydrogen (secondary N) is 1. The van der Waals surface area contributed by atoms with Crippen LogP contribution in [0, 0.1) is 6.92 Å². The number of aryl methyl sites for hydroxylation is 1. The minimum Gasteiger partial charge on any atom is -0.487 e.